The van der Waals surface area contributed by atoms with E-state index in [0.717, 1.165) is 11.1 Å². The summed E-state index contributed by atoms with van der Waals surface area (Å²) in [5.41, 5.74) is 1.48. The quantitative estimate of drug-likeness (QED) is 0.664. The number of nitrogens with one attached hydrogen (secondary N) is 1. The van der Waals surface area contributed by atoms with Gasteiger partial charge in [-0.15, -0.1) is 0 Å². The van der Waals surface area contributed by atoms with Crippen molar-refractivity contribution in [2.45, 2.75) is 64.3 Å². The maximum atomic E-state index is 13.6. The zero-order valence-electron chi connectivity index (χ0n) is 18.4. The van der Waals surface area contributed by atoms with Crippen LogP contribution in [-0.2, 0) is 23.9 Å². The van der Waals surface area contributed by atoms with Gasteiger partial charge in [-0.2, -0.15) is 0 Å². The molecular weight excluding hydrogens is 400 g/mol. The first kappa shape index (κ1) is 21.8. The van der Waals surface area contributed by atoms with Gasteiger partial charge in [-0.25, -0.2) is 0 Å². The fourth-order valence-electron chi connectivity index (χ4n) is 5.53. The molecule has 31 heavy (non-hydrogen) atoms. The molecule has 0 aliphatic carbocycles. The Bertz CT molecular complexity index is 917. The Balaban J connectivity index is 1.73. The van der Waals surface area contributed by atoms with Gasteiger partial charge in [-0.3, -0.25) is 14.4 Å². The smallest absolute Gasteiger partial charge is 0.312 e. The van der Waals surface area contributed by atoms with E-state index in [1.807, 2.05) is 32.0 Å². The maximum Gasteiger partial charge on any atom is 0.312 e. The van der Waals surface area contributed by atoms with Gasteiger partial charge in [0.25, 0.3) is 0 Å². The molecule has 3 fully saturated rings. The number of benzene rings is 1. The third-order valence-corrected chi connectivity index (χ3v) is 6.94. The van der Waals surface area contributed by atoms with Crippen LogP contribution < -0.4 is 5.32 Å². The zero-order valence-corrected chi connectivity index (χ0v) is 18.4. The zero-order chi connectivity index (χ0) is 22.5. The third kappa shape index (κ3) is 3.24. The lowest BCUT2D eigenvalue weighted by Crippen LogP contribution is -2.55. The number of ether oxygens (including phenoxy) is 2. The molecule has 0 radical (unpaired) electrons. The molecule has 3 heterocycles. The highest BCUT2D eigenvalue weighted by molar-refractivity contribution is 6.03. The summed E-state index contributed by atoms with van der Waals surface area (Å²) in [7, 11) is 0. The summed E-state index contributed by atoms with van der Waals surface area (Å²) >= 11 is 0. The minimum atomic E-state index is -1.09. The summed E-state index contributed by atoms with van der Waals surface area (Å²) in [6.45, 7) is 7.17. The summed E-state index contributed by atoms with van der Waals surface area (Å²) in [6, 6.07) is 4.25. The molecule has 3 aliphatic rings. The average molecular weight is 431 g/mol. The number of likely N-dealkylation sites (tertiary alicyclic amines) is 1. The van der Waals surface area contributed by atoms with Gasteiger partial charge in [0, 0.05) is 5.69 Å². The predicted molar refractivity (Wildman–Crippen MR) is 112 cm³/mol. The van der Waals surface area contributed by atoms with Crippen molar-refractivity contribution < 1.29 is 29.0 Å². The van der Waals surface area contributed by atoms with Crippen LogP contribution in [-0.4, -0.2) is 64.8 Å². The topological polar surface area (TPSA) is 105 Å². The highest BCUT2D eigenvalue weighted by Crippen LogP contribution is 2.59. The highest BCUT2D eigenvalue weighted by atomic mass is 16.6. The molecule has 3 aliphatic heterocycles. The lowest BCUT2D eigenvalue weighted by molar-refractivity contribution is -0.155. The second kappa shape index (κ2) is 7.91. The number of hydrogen-bond acceptors (Lipinski definition) is 6. The van der Waals surface area contributed by atoms with Gasteiger partial charge in [0.2, 0.25) is 11.8 Å². The first-order chi connectivity index (χ1) is 14.7. The Hall–Kier alpha value is -2.45. The van der Waals surface area contributed by atoms with Gasteiger partial charge in [0.05, 0.1) is 37.2 Å². The van der Waals surface area contributed by atoms with Crippen LogP contribution in [0.4, 0.5) is 5.69 Å². The summed E-state index contributed by atoms with van der Waals surface area (Å²) in [4.78, 5) is 41.2. The van der Waals surface area contributed by atoms with E-state index in [-0.39, 0.29) is 25.0 Å². The molecule has 2 N–H and O–H groups in total. The lowest BCUT2D eigenvalue weighted by atomic mass is 9.70. The third-order valence-electron chi connectivity index (χ3n) is 6.94. The maximum absolute atomic E-state index is 13.6. The molecule has 2 unspecified atom stereocenters. The van der Waals surface area contributed by atoms with E-state index in [1.54, 1.807) is 13.8 Å². The number of aliphatic hydroxyl groups is 1. The second-order valence-corrected chi connectivity index (χ2v) is 8.89. The fourth-order valence-corrected chi connectivity index (χ4v) is 5.53. The molecule has 1 aromatic rings. The molecule has 3 saturated heterocycles. The van der Waals surface area contributed by atoms with E-state index in [0.29, 0.717) is 18.5 Å². The normalized spacial score (nSPS) is 32.2. The first-order valence-corrected chi connectivity index (χ1v) is 10.9. The van der Waals surface area contributed by atoms with Crippen molar-refractivity contribution >= 4 is 23.5 Å². The van der Waals surface area contributed by atoms with E-state index in [1.165, 1.54) is 4.90 Å². The summed E-state index contributed by atoms with van der Waals surface area (Å²) in [6.07, 6.45) is 0.654. The Kier molecular flexibility index (Phi) is 5.55. The van der Waals surface area contributed by atoms with Gasteiger partial charge < -0.3 is 24.8 Å². The van der Waals surface area contributed by atoms with Crippen LogP contribution >= 0.6 is 0 Å². The van der Waals surface area contributed by atoms with Crippen LogP contribution in [0.5, 0.6) is 0 Å². The van der Waals surface area contributed by atoms with Crippen LogP contribution in [0.15, 0.2) is 18.2 Å². The number of aryl methyl sites for hydroxylation is 2. The highest BCUT2D eigenvalue weighted by Gasteiger charge is 2.75. The number of anilines is 1. The molecule has 6 atom stereocenters. The molecule has 2 amide bonds. The average Bonchev–Trinajstić information content (AvgIpc) is 3.37. The minimum absolute atomic E-state index is 0.212. The molecule has 0 saturated carbocycles. The van der Waals surface area contributed by atoms with Crippen LogP contribution in [0.1, 0.15) is 37.8 Å². The SMILES string of the molecule is CCOC(=O)[C@@H]1[C@H]2C(=O)N([C@H](C)CO)C(C(=O)Nc3cc(C)ccc3C)C23CC[C@H]1O3. The van der Waals surface area contributed by atoms with E-state index in [2.05, 4.69) is 5.32 Å². The van der Waals surface area contributed by atoms with E-state index < -0.39 is 41.6 Å². The first-order valence-electron chi connectivity index (χ1n) is 10.9. The molecule has 1 aromatic carbocycles. The Labute approximate surface area is 181 Å². The van der Waals surface area contributed by atoms with Gasteiger partial charge in [0.1, 0.15) is 11.6 Å². The largest absolute Gasteiger partial charge is 0.466 e. The van der Waals surface area contributed by atoms with Gasteiger partial charge in [-0.1, -0.05) is 12.1 Å². The number of amides is 2. The van der Waals surface area contributed by atoms with Crippen molar-refractivity contribution in [2.24, 2.45) is 11.8 Å². The number of hydrogen-bond donors (Lipinski definition) is 2. The van der Waals surface area contributed by atoms with Crippen molar-refractivity contribution in [3.63, 3.8) is 0 Å². The molecule has 0 aromatic heterocycles. The molecule has 2 bridgehead atoms. The molecular formula is C23H30N2O6. The second-order valence-electron chi connectivity index (χ2n) is 8.89. The summed E-state index contributed by atoms with van der Waals surface area (Å²) in [5.74, 6) is -2.67. The minimum Gasteiger partial charge on any atom is -0.466 e. The Morgan fingerprint density at radius 2 is 2.13 bits per heavy atom. The predicted octanol–water partition coefficient (Wildman–Crippen LogP) is 1.56. The number of fused-ring (bicyclic) bond motifs is 1. The van der Waals surface area contributed by atoms with Crippen LogP contribution in [0.3, 0.4) is 0 Å². The number of aliphatic hydroxyl groups excluding tert-OH is 1. The van der Waals surface area contributed by atoms with Gasteiger partial charge in [-0.05, 0) is 57.7 Å². The van der Waals surface area contributed by atoms with E-state index in [4.69, 9.17) is 9.47 Å². The van der Waals surface area contributed by atoms with Gasteiger partial charge >= 0.3 is 5.97 Å². The Morgan fingerprint density at radius 1 is 1.39 bits per heavy atom. The van der Waals surface area contributed by atoms with Crippen molar-refractivity contribution in [2.75, 3.05) is 18.5 Å². The number of nitrogens with zero attached hydrogens (tertiary/aromatic N) is 1. The molecule has 4 rings (SSSR count). The van der Waals surface area contributed by atoms with Crippen LogP contribution in [0.2, 0.25) is 0 Å². The molecule has 1 spiro atoms. The van der Waals surface area contributed by atoms with Gasteiger partial charge in [0.15, 0.2) is 0 Å². The van der Waals surface area contributed by atoms with E-state index >= 15 is 0 Å². The number of carbonyl (C=O) groups excluding carboxylic acids is 3. The Morgan fingerprint density at radius 3 is 2.81 bits per heavy atom. The summed E-state index contributed by atoms with van der Waals surface area (Å²) < 4.78 is 11.5. The van der Waals surface area contributed by atoms with Crippen molar-refractivity contribution in [3.8, 4) is 0 Å². The van der Waals surface area contributed by atoms with Crippen molar-refractivity contribution in [1.29, 1.82) is 0 Å². The standard InChI is InChI=1S/C23H30N2O6/c1-5-30-22(29)17-16-8-9-23(31-16)18(17)21(28)25(14(4)11-26)19(23)20(27)24-15-10-12(2)6-7-13(15)3/h6-7,10,14,16-19,26H,5,8-9,11H2,1-4H3,(H,24,27)/t14-,16-,17+,18+,19?,23?/m1/s1. The molecule has 8 heteroatoms. The van der Waals surface area contributed by atoms with Crippen molar-refractivity contribution in [3.05, 3.63) is 29.3 Å². The summed E-state index contributed by atoms with van der Waals surface area (Å²) in [5, 5.41) is 12.8. The number of rotatable bonds is 6. The van der Waals surface area contributed by atoms with Crippen LogP contribution in [0.25, 0.3) is 0 Å². The lowest BCUT2D eigenvalue weighted by Gasteiger charge is -2.35. The van der Waals surface area contributed by atoms with E-state index in [9.17, 15) is 19.5 Å². The number of carbonyl (C=O) groups is 3. The van der Waals surface area contributed by atoms with Crippen molar-refractivity contribution in [1.82, 2.24) is 4.90 Å². The molecule has 168 valence electrons. The van der Waals surface area contributed by atoms with Crippen LogP contribution in [0, 0.1) is 25.7 Å². The number of esters is 1. The molecule has 8 nitrogen and oxygen atoms in total. The fraction of sp³-hybridized carbons (Fsp3) is 0.609. The monoisotopic (exact) mass is 430 g/mol.